The van der Waals surface area contributed by atoms with Crippen molar-refractivity contribution in [3.8, 4) is 0 Å². The highest BCUT2D eigenvalue weighted by atomic mass is 32.1. The van der Waals surface area contributed by atoms with Crippen LogP contribution in [-0.4, -0.2) is 29.9 Å². The molecule has 0 fully saturated rings. The Balaban J connectivity index is 1.68. The lowest BCUT2D eigenvalue weighted by Crippen LogP contribution is -2.49. The molecule has 1 aromatic heterocycles. The molecule has 0 bridgehead atoms. The Bertz CT molecular complexity index is 857. The molecule has 0 saturated heterocycles. The predicted molar refractivity (Wildman–Crippen MR) is 101 cm³/mol. The van der Waals surface area contributed by atoms with Crippen LogP contribution < -0.4 is 0 Å². The van der Waals surface area contributed by atoms with Gasteiger partial charge < -0.3 is 9.64 Å². The molecule has 0 saturated carbocycles. The summed E-state index contributed by atoms with van der Waals surface area (Å²) in [7, 11) is 1.39. The van der Waals surface area contributed by atoms with Gasteiger partial charge in [-0.25, -0.2) is 4.79 Å². The molecule has 4 rings (SSSR count). The first-order valence-electron chi connectivity index (χ1n) is 9.13. The van der Waals surface area contributed by atoms with Crippen molar-refractivity contribution in [3.05, 3.63) is 56.8 Å². The molecule has 0 radical (unpaired) electrons. The summed E-state index contributed by atoms with van der Waals surface area (Å²) in [5.41, 5.74) is 4.21. The SMILES string of the molecule is COC(=O)C1Cc2ccccc2CN1C(=O)c1csc2c1CCC(C)C2. The first-order chi connectivity index (χ1) is 12.6. The maximum atomic E-state index is 13.4. The van der Waals surface area contributed by atoms with Crippen molar-refractivity contribution in [2.45, 2.75) is 45.2 Å². The van der Waals surface area contributed by atoms with Gasteiger partial charge in [0.2, 0.25) is 0 Å². The van der Waals surface area contributed by atoms with Gasteiger partial charge in [0.05, 0.1) is 12.7 Å². The van der Waals surface area contributed by atoms with E-state index in [1.54, 1.807) is 16.2 Å². The first kappa shape index (κ1) is 17.3. The van der Waals surface area contributed by atoms with Crippen molar-refractivity contribution in [1.82, 2.24) is 4.90 Å². The Morgan fingerprint density at radius 2 is 1.96 bits per heavy atom. The number of carbonyl (C=O) groups excluding carboxylic acids is 2. The van der Waals surface area contributed by atoms with Gasteiger partial charge in [-0.15, -0.1) is 11.3 Å². The quantitative estimate of drug-likeness (QED) is 0.760. The molecule has 26 heavy (non-hydrogen) atoms. The minimum absolute atomic E-state index is 0.0399. The second-order valence-corrected chi connectivity index (χ2v) is 8.31. The van der Waals surface area contributed by atoms with Gasteiger partial charge in [0, 0.05) is 23.2 Å². The van der Waals surface area contributed by atoms with Crippen LogP contribution in [0.5, 0.6) is 0 Å². The van der Waals surface area contributed by atoms with Crippen molar-refractivity contribution >= 4 is 23.2 Å². The number of amides is 1. The molecule has 0 spiro atoms. The van der Waals surface area contributed by atoms with E-state index in [9.17, 15) is 9.59 Å². The Morgan fingerprint density at radius 1 is 1.19 bits per heavy atom. The van der Waals surface area contributed by atoms with Crippen LogP contribution >= 0.6 is 11.3 Å². The van der Waals surface area contributed by atoms with Gasteiger partial charge in [-0.3, -0.25) is 4.79 Å². The van der Waals surface area contributed by atoms with Gasteiger partial charge >= 0.3 is 5.97 Å². The molecule has 136 valence electrons. The molecule has 2 atom stereocenters. The summed E-state index contributed by atoms with van der Waals surface area (Å²) in [5.74, 6) is 0.293. The number of ether oxygens (including phenoxy) is 1. The van der Waals surface area contributed by atoms with Crippen LogP contribution in [0, 0.1) is 5.92 Å². The third-order valence-electron chi connectivity index (χ3n) is 5.61. The molecule has 1 amide bonds. The minimum Gasteiger partial charge on any atom is -0.467 e. The van der Waals surface area contributed by atoms with Gasteiger partial charge in [0.15, 0.2) is 0 Å². The van der Waals surface area contributed by atoms with Crippen LogP contribution in [0.1, 0.15) is 45.3 Å². The van der Waals surface area contributed by atoms with Gasteiger partial charge in [-0.05, 0) is 41.9 Å². The second-order valence-electron chi connectivity index (χ2n) is 7.34. The van der Waals surface area contributed by atoms with E-state index in [1.165, 1.54) is 17.6 Å². The predicted octanol–water partition coefficient (Wildman–Crippen LogP) is 3.61. The number of esters is 1. The second kappa shape index (κ2) is 6.88. The average Bonchev–Trinajstić information content (AvgIpc) is 3.08. The Kier molecular flexibility index (Phi) is 4.57. The van der Waals surface area contributed by atoms with Crippen LogP contribution in [0.15, 0.2) is 29.6 Å². The van der Waals surface area contributed by atoms with Crippen LogP contribution in [0.2, 0.25) is 0 Å². The fourth-order valence-electron chi connectivity index (χ4n) is 4.09. The molecule has 2 unspecified atom stereocenters. The smallest absolute Gasteiger partial charge is 0.328 e. The highest BCUT2D eigenvalue weighted by molar-refractivity contribution is 7.10. The summed E-state index contributed by atoms with van der Waals surface area (Å²) in [6.07, 6.45) is 3.64. The molecular weight excluding hydrogens is 346 g/mol. The molecule has 5 heteroatoms. The molecule has 1 aromatic carbocycles. The number of carbonyl (C=O) groups is 2. The lowest BCUT2D eigenvalue weighted by molar-refractivity contribution is -0.146. The maximum Gasteiger partial charge on any atom is 0.328 e. The van der Waals surface area contributed by atoms with Crippen LogP contribution in [-0.2, 0) is 35.3 Å². The number of rotatable bonds is 2. The topological polar surface area (TPSA) is 46.6 Å². The number of nitrogens with zero attached hydrogens (tertiary/aromatic N) is 1. The van der Waals surface area contributed by atoms with Crippen LogP contribution in [0.4, 0.5) is 0 Å². The number of fused-ring (bicyclic) bond motifs is 2. The lowest BCUT2D eigenvalue weighted by Gasteiger charge is -2.35. The van der Waals surface area contributed by atoms with E-state index in [1.807, 2.05) is 29.6 Å². The van der Waals surface area contributed by atoms with Crippen molar-refractivity contribution in [1.29, 1.82) is 0 Å². The van der Waals surface area contributed by atoms with E-state index in [0.717, 1.165) is 36.0 Å². The number of benzene rings is 1. The zero-order chi connectivity index (χ0) is 18.3. The standard InChI is InChI=1S/C21H23NO3S/c1-13-7-8-16-17(12-26-19(16)9-13)20(23)22-11-15-6-4-3-5-14(15)10-18(22)21(24)25-2/h3-6,12-13,18H,7-11H2,1-2H3. The van der Waals surface area contributed by atoms with Gasteiger partial charge in [0.1, 0.15) is 6.04 Å². The van der Waals surface area contributed by atoms with E-state index < -0.39 is 6.04 Å². The fraction of sp³-hybridized carbons (Fsp3) is 0.429. The van der Waals surface area contributed by atoms with Gasteiger partial charge in [-0.2, -0.15) is 0 Å². The van der Waals surface area contributed by atoms with Crippen molar-refractivity contribution < 1.29 is 14.3 Å². The molecule has 1 aliphatic carbocycles. The zero-order valence-electron chi connectivity index (χ0n) is 15.2. The maximum absolute atomic E-state index is 13.4. The summed E-state index contributed by atoms with van der Waals surface area (Å²) in [6, 6.07) is 7.46. The average molecular weight is 369 g/mol. The van der Waals surface area contributed by atoms with E-state index in [2.05, 4.69) is 6.92 Å². The highest BCUT2D eigenvalue weighted by Crippen LogP contribution is 2.35. The molecule has 4 nitrogen and oxygen atoms in total. The number of hydrogen-bond donors (Lipinski definition) is 0. The van der Waals surface area contributed by atoms with Crippen LogP contribution in [0.25, 0.3) is 0 Å². The highest BCUT2D eigenvalue weighted by Gasteiger charge is 2.37. The summed E-state index contributed by atoms with van der Waals surface area (Å²) in [4.78, 5) is 28.8. The Morgan fingerprint density at radius 3 is 2.73 bits per heavy atom. The van der Waals surface area contributed by atoms with Gasteiger partial charge in [-0.1, -0.05) is 31.2 Å². The van der Waals surface area contributed by atoms with Crippen LogP contribution in [0.3, 0.4) is 0 Å². The summed E-state index contributed by atoms with van der Waals surface area (Å²) >= 11 is 1.69. The van der Waals surface area contributed by atoms with Crippen molar-refractivity contribution in [3.63, 3.8) is 0 Å². The third kappa shape index (κ3) is 2.94. The van der Waals surface area contributed by atoms with E-state index >= 15 is 0 Å². The fourth-order valence-corrected chi connectivity index (χ4v) is 5.33. The molecule has 0 N–H and O–H groups in total. The molecular formula is C21H23NO3S. The van der Waals surface area contributed by atoms with Gasteiger partial charge in [0.25, 0.3) is 5.91 Å². The Hall–Kier alpha value is -2.14. The molecule has 2 aromatic rings. The third-order valence-corrected chi connectivity index (χ3v) is 6.67. The zero-order valence-corrected chi connectivity index (χ0v) is 16.0. The summed E-state index contributed by atoms with van der Waals surface area (Å²) < 4.78 is 5.00. The number of hydrogen-bond acceptors (Lipinski definition) is 4. The van der Waals surface area contributed by atoms with Crippen molar-refractivity contribution in [2.75, 3.05) is 7.11 Å². The number of methoxy groups -OCH3 is 1. The minimum atomic E-state index is -0.555. The molecule has 1 aliphatic heterocycles. The number of thiophene rings is 1. The molecule has 2 heterocycles. The largest absolute Gasteiger partial charge is 0.467 e. The monoisotopic (exact) mass is 369 g/mol. The summed E-state index contributed by atoms with van der Waals surface area (Å²) in [5, 5.41) is 1.99. The first-order valence-corrected chi connectivity index (χ1v) is 10.0. The van der Waals surface area contributed by atoms with E-state index in [4.69, 9.17) is 4.74 Å². The van der Waals surface area contributed by atoms with E-state index in [0.29, 0.717) is 18.9 Å². The lowest BCUT2D eigenvalue weighted by atomic mass is 9.87. The van der Waals surface area contributed by atoms with E-state index in [-0.39, 0.29) is 11.9 Å². The Labute approximate surface area is 157 Å². The molecule has 2 aliphatic rings. The summed E-state index contributed by atoms with van der Waals surface area (Å²) in [6.45, 7) is 2.72. The normalized spacial score (nSPS) is 21.7. The van der Waals surface area contributed by atoms with Crippen molar-refractivity contribution in [2.24, 2.45) is 5.92 Å².